The molecule has 0 atom stereocenters. The zero-order chi connectivity index (χ0) is 9.03. The zero-order valence-corrected chi connectivity index (χ0v) is 8.60. The molecule has 1 aliphatic carbocycles. The van der Waals surface area contributed by atoms with E-state index < -0.39 is 0 Å². The summed E-state index contributed by atoms with van der Waals surface area (Å²) in [4.78, 5) is 0. The van der Waals surface area contributed by atoms with Crippen molar-refractivity contribution in [3.8, 4) is 0 Å². The van der Waals surface area contributed by atoms with Crippen LogP contribution in [0.15, 0.2) is 0 Å². The summed E-state index contributed by atoms with van der Waals surface area (Å²) in [6, 6.07) is 0. The molecule has 0 aromatic rings. The molecule has 0 aliphatic heterocycles. The summed E-state index contributed by atoms with van der Waals surface area (Å²) in [5.41, 5.74) is 6.40. The summed E-state index contributed by atoms with van der Waals surface area (Å²) < 4.78 is 0. The third kappa shape index (κ3) is 2.48. The predicted octanol–water partition coefficient (Wildman–Crippen LogP) is 2.94. The highest BCUT2D eigenvalue weighted by molar-refractivity contribution is 4.85. The highest BCUT2D eigenvalue weighted by Gasteiger charge is 2.31. The van der Waals surface area contributed by atoms with Gasteiger partial charge in [-0.25, -0.2) is 0 Å². The summed E-state index contributed by atoms with van der Waals surface area (Å²) in [5, 5.41) is 0. The summed E-state index contributed by atoms with van der Waals surface area (Å²) in [6.45, 7) is 5.53. The average molecular weight is 169 g/mol. The first-order valence-electron chi connectivity index (χ1n) is 5.39. The van der Waals surface area contributed by atoms with Crippen LogP contribution in [0.2, 0.25) is 0 Å². The molecular weight excluding hydrogens is 146 g/mol. The molecule has 1 rings (SSSR count). The topological polar surface area (TPSA) is 26.0 Å². The molecule has 12 heavy (non-hydrogen) atoms. The normalized spacial score (nSPS) is 22.0. The summed E-state index contributed by atoms with van der Waals surface area (Å²) in [7, 11) is 0. The summed E-state index contributed by atoms with van der Waals surface area (Å²) in [5.74, 6) is 0.842. The lowest BCUT2D eigenvalue weighted by Crippen LogP contribution is -2.27. The van der Waals surface area contributed by atoms with Crippen molar-refractivity contribution < 1.29 is 0 Å². The molecule has 2 N–H and O–H groups in total. The van der Waals surface area contributed by atoms with Crippen LogP contribution in [0.3, 0.4) is 0 Å². The maximum Gasteiger partial charge on any atom is -0.00205 e. The van der Waals surface area contributed by atoms with Crippen LogP contribution in [0.4, 0.5) is 0 Å². The van der Waals surface area contributed by atoms with Crippen LogP contribution in [-0.4, -0.2) is 6.54 Å². The molecule has 0 aromatic carbocycles. The van der Waals surface area contributed by atoms with Crippen LogP contribution < -0.4 is 5.73 Å². The average Bonchev–Trinajstić information content (AvgIpc) is 2.50. The van der Waals surface area contributed by atoms with Crippen molar-refractivity contribution in [1.29, 1.82) is 0 Å². The third-order valence-electron chi connectivity index (χ3n) is 3.35. The van der Waals surface area contributed by atoms with Crippen LogP contribution in [0.5, 0.6) is 0 Å². The van der Waals surface area contributed by atoms with Crippen LogP contribution in [0.1, 0.15) is 52.4 Å². The molecule has 0 bridgehead atoms. The Balaban J connectivity index is 2.34. The van der Waals surface area contributed by atoms with E-state index in [-0.39, 0.29) is 0 Å². The maximum absolute atomic E-state index is 5.86. The highest BCUT2D eigenvalue weighted by Crippen LogP contribution is 2.41. The van der Waals surface area contributed by atoms with Gasteiger partial charge in [0.25, 0.3) is 0 Å². The highest BCUT2D eigenvalue weighted by atomic mass is 14.6. The number of hydrogen-bond acceptors (Lipinski definition) is 1. The van der Waals surface area contributed by atoms with Gasteiger partial charge in [0, 0.05) is 0 Å². The van der Waals surface area contributed by atoms with Gasteiger partial charge >= 0.3 is 0 Å². The Kier molecular flexibility index (Phi) is 3.57. The molecule has 0 saturated heterocycles. The fourth-order valence-corrected chi connectivity index (χ4v) is 2.28. The molecule has 0 heterocycles. The zero-order valence-electron chi connectivity index (χ0n) is 8.60. The standard InChI is InChI=1S/C11H23N/c1-10(2)5-8-11(9-12)6-3-4-7-11/h10H,3-9,12H2,1-2H3. The molecule has 0 unspecified atom stereocenters. The van der Waals surface area contributed by atoms with Crippen LogP contribution in [0.25, 0.3) is 0 Å². The first-order valence-corrected chi connectivity index (χ1v) is 5.39. The Bertz CT molecular complexity index is 123. The molecule has 0 amide bonds. The molecule has 1 fully saturated rings. The van der Waals surface area contributed by atoms with Gasteiger partial charge in [-0.3, -0.25) is 0 Å². The molecule has 1 aliphatic rings. The second kappa shape index (κ2) is 4.27. The Morgan fingerprint density at radius 3 is 2.25 bits per heavy atom. The monoisotopic (exact) mass is 169 g/mol. The van der Waals surface area contributed by atoms with E-state index in [9.17, 15) is 0 Å². The van der Waals surface area contributed by atoms with Gasteiger partial charge in [-0.1, -0.05) is 33.1 Å². The van der Waals surface area contributed by atoms with Gasteiger partial charge in [0.1, 0.15) is 0 Å². The van der Waals surface area contributed by atoms with E-state index in [4.69, 9.17) is 5.73 Å². The molecule has 1 heteroatoms. The Morgan fingerprint density at radius 2 is 1.83 bits per heavy atom. The minimum atomic E-state index is 0.546. The molecule has 0 aromatic heterocycles. The number of hydrogen-bond donors (Lipinski definition) is 1. The Labute approximate surface area is 76.7 Å². The minimum absolute atomic E-state index is 0.546. The summed E-state index contributed by atoms with van der Waals surface area (Å²) >= 11 is 0. The van der Waals surface area contributed by atoms with Crippen molar-refractivity contribution in [2.24, 2.45) is 17.1 Å². The SMILES string of the molecule is CC(C)CCC1(CN)CCCC1. The van der Waals surface area contributed by atoms with Crippen molar-refractivity contribution in [2.45, 2.75) is 52.4 Å². The first-order chi connectivity index (χ1) is 5.68. The molecule has 0 radical (unpaired) electrons. The smallest absolute Gasteiger partial charge is 0.00205 e. The third-order valence-corrected chi connectivity index (χ3v) is 3.35. The van der Waals surface area contributed by atoms with E-state index in [1.807, 2.05) is 0 Å². The van der Waals surface area contributed by atoms with Gasteiger partial charge in [0.2, 0.25) is 0 Å². The van der Waals surface area contributed by atoms with Gasteiger partial charge in [-0.2, -0.15) is 0 Å². The quantitative estimate of drug-likeness (QED) is 0.688. The lowest BCUT2D eigenvalue weighted by molar-refractivity contribution is 0.260. The number of nitrogens with two attached hydrogens (primary N) is 1. The van der Waals surface area contributed by atoms with Crippen LogP contribution in [0, 0.1) is 11.3 Å². The van der Waals surface area contributed by atoms with E-state index in [1.54, 1.807) is 0 Å². The van der Waals surface area contributed by atoms with Gasteiger partial charge in [-0.05, 0) is 37.1 Å². The second-order valence-electron chi connectivity index (χ2n) is 4.84. The van der Waals surface area contributed by atoms with Crippen molar-refractivity contribution in [1.82, 2.24) is 0 Å². The van der Waals surface area contributed by atoms with Crippen LogP contribution in [-0.2, 0) is 0 Å². The Morgan fingerprint density at radius 1 is 1.25 bits per heavy atom. The maximum atomic E-state index is 5.86. The summed E-state index contributed by atoms with van der Waals surface area (Å²) in [6.07, 6.45) is 8.31. The van der Waals surface area contributed by atoms with Crippen molar-refractivity contribution in [2.75, 3.05) is 6.54 Å². The fraction of sp³-hybridized carbons (Fsp3) is 1.00. The van der Waals surface area contributed by atoms with E-state index in [0.29, 0.717) is 5.41 Å². The molecule has 72 valence electrons. The van der Waals surface area contributed by atoms with Crippen molar-refractivity contribution >= 4 is 0 Å². The van der Waals surface area contributed by atoms with Gasteiger partial charge in [0.05, 0.1) is 0 Å². The largest absolute Gasteiger partial charge is 0.330 e. The predicted molar refractivity (Wildman–Crippen MR) is 54.0 cm³/mol. The fourth-order valence-electron chi connectivity index (χ4n) is 2.28. The van der Waals surface area contributed by atoms with E-state index >= 15 is 0 Å². The van der Waals surface area contributed by atoms with E-state index in [1.165, 1.54) is 38.5 Å². The van der Waals surface area contributed by atoms with Gasteiger partial charge in [0.15, 0.2) is 0 Å². The second-order valence-corrected chi connectivity index (χ2v) is 4.84. The molecule has 1 nitrogen and oxygen atoms in total. The minimum Gasteiger partial charge on any atom is -0.330 e. The van der Waals surface area contributed by atoms with Crippen molar-refractivity contribution in [3.63, 3.8) is 0 Å². The lowest BCUT2D eigenvalue weighted by Gasteiger charge is -2.27. The first kappa shape index (κ1) is 10.0. The van der Waals surface area contributed by atoms with Gasteiger partial charge in [-0.15, -0.1) is 0 Å². The van der Waals surface area contributed by atoms with Gasteiger partial charge < -0.3 is 5.73 Å². The molecule has 0 spiro atoms. The van der Waals surface area contributed by atoms with E-state index in [0.717, 1.165) is 12.5 Å². The van der Waals surface area contributed by atoms with Crippen LogP contribution >= 0.6 is 0 Å². The van der Waals surface area contributed by atoms with Crippen molar-refractivity contribution in [3.05, 3.63) is 0 Å². The molecular formula is C11H23N. The Hall–Kier alpha value is -0.0400. The number of rotatable bonds is 4. The lowest BCUT2D eigenvalue weighted by atomic mass is 9.80. The molecule has 1 saturated carbocycles. The van der Waals surface area contributed by atoms with E-state index in [2.05, 4.69) is 13.8 Å².